The Bertz CT molecular complexity index is 191. The summed E-state index contributed by atoms with van der Waals surface area (Å²) in [6, 6.07) is 0. The van der Waals surface area contributed by atoms with Crippen molar-refractivity contribution in [3.05, 3.63) is 25.3 Å². The monoisotopic (exact) mass is 181 g/mol. The van der Waals surface area contributed by atoms with Gasteiger partial charge in [-0.15, -0.1) is 13.2 Å². The normalized spacial score (nSPS) is 29.0. The first-order chi connectivity index (χ1) is 6.29. The number of likely N-dealkylation sites (tertiary alicyclic amines) is 1. The molecule has 0 radical (unpaired) electrons. The van der Waals surface area contributed by atoms with Gasteiger partial charge >= 0.3 is 0 Å². The molecule has 1 fully saturated rings. The SMILES string of the molecule is C=CCN1CCCC1(CO)CC=C. The van der Waals surface area contributed by atoms with Crippen LogP contribution in [0.1, 0.15) is 19.3 Å². The lowest BCUT2D eigenvalue weighted by Crippen LogP contribution is -2.46. The van der Waals surface area contributed by atoms with Crippen LogP contribution in [-0.2, 0) is 0 Å². The van der Waals surface area contributed by atoms with Crippen LogP contribution in [0.3, 0.4) is 0 Å². The third-order valence-electron chi connectivity index (χ3n) is 2.91. The molecule has 1 saturated heterocycles. The summed E-state index contributed by atoms with van der Waals surface area (Å²) in [5, 5.41) is 9.42. The number of nitrogens with zero attached hydrogens (tertiary/aromatic N) is 1. The molecule has 2 heteroatoms. The molecule has 1 unspecified atom stereocenters. The molecule has 1 heterocycles. The third kappa shape index (κ3) is 2.01. The number of hydrogen-bond donors (Lipinski definition) is 1. The van der Waals surface area contributed by atoms with Crippen molar-refractivity contribution >= 4 is 0 Å². The van der Waals surface area contributed by atoms with Gasteiger partial charge in [-0.05, 0) is 25.8 Å². The van der Waals surface area contributed by atoms with Crippen LogP contribution < -0.4 is 0 Å². The third-order valence-corrected chi connectivity index (χ3v) is 2.91. The van der Waals surface area contributed by atoms with E-state index >= 15 is 0 Å². The van der Waals surface area contributed by atoms with Gasteiger partial charge in [-0.25, -0.2) is 0 Å². The molecule has 1 N–H and O–H groups in total. The van der Waals surface area contributed by atoms with Gasteiger partial charge in [0.2, 0.25) is 0 Å². The molecule has 0 spiro atoms. The number of aliphatic hydroxyl groups is 1. The van der Waals surface area contributed by atoms with Crippen molar-refractivity contribution < 1.29 is 5.11 Å². The van der Waals surface area contributed by atoms with E-state index in [-0.39, 0.29) is 12.1 Å². The summed E-state index contributed by atoms with van der Waals surface area (Å²) in [5.74, 6) is 0. The Morgan fingerprint density at radius 1 is 1.38 bits per heavy atom. The Kier molecular flexibility index (Phi) is 3.70. The molecule has 0 aliphatic carbocycles. The van der Waals surface area contributed by atoms with E-state index < -0.39 is 0 Å². The van der Waals surface area contributed by atoms with Crippen molar-refractivity contribution in [3.8, 4) is 0 Å². The van der Waals surface area contributed by atoms with E-state index in [0.717, 1.165) is 25.9 Å². The van der Waals surface area contributed by atoms with Gasteiger partial charge in [0, 0.05) is 12.1 Å². The molecule has 1 rings (SSSR count). The summed E-state index contributed by atoms with van der Waals surface area (Å²) in [6.45, 7) is 9.65. The summed E-state index contributed by atoms with van der Waals surface area (Å²) in [6.07, 6.45) is 6.92. The fourth-order valence-corrected chi connectivity index (χ4v) is 2.18. The van der Waals surface area contributed by atoms with Crippen LogP contribution in [0.25, 0.3) is 0 Å². The fourth-order valence-electron chi connectivity index (χ4n) is 2.18. The van der Waals surface area contributed by atoms with Crippen molar-refractivity contribution in [1.82, 2.24) is 4.90 Å². The molecular weight excluding hydrogens is 162 g/mol. The molecule has 13 heavy (non-hydrogen) atoms. The van der Waals surface area contributed by atoms with Gasteiger partial charge in [-0.2, -0.15) is 0 Å². The zero-order valence-corrected chi connectivity index (χ0v) is 8.21. The van der Waals surface area contributed by atoms with Crippen LogP contribution >= 0.6 is 0 Å². The van der Waals surface area contributed by atoms with E-state index in [1.165, 1.54) is 6.42 Å². The van der Waals surface area contributed by atoms with Crippen molar-refractivity contribution in [2.45, 2.75) is 24.8 Å². The van der Waals surface area contributed by atoms with Crippen molar-refractivity contribution in [3.63, 3.8) is 0 Å². The largest absolute Gasteiger partial charge is 0.394 e. The molecule has 0 amide bonds. The van der Waals surface area contributed by atoms with E-state index in [2.05, 4.69) is 18.1 Å². The summed E-state index contributed by atoms with van der Waals surface area (Å²) >= 11 is 0. The highest BCUT2D eigenvalue weighted by Gasteiger charge is 2.38. The minimum atomic E-state index is -0.0457. The summed E-state index contributed by atoms with van der Waals surface area (Å²) < 4.78 is 0. The van der Waals surface area contributed by atoms with Crippen LogP contribution in [0.15, 0.2) is 25.3 Å². The Labute approximate surface area is 80.6 Å². The molecule has 1 atom stereocenters. The van der Waals surface area contributed by atoms with Crippen LogP contribution in [0, 0.1) is 0 Å². The van der Waals surface area contributed by atoms with Crippen LogP contribution in [0.5, 0.6) is 0 Å². The lowest BCUT2D eigenvalue weighted by Gasteiger charge is -2.35. The Hall–Kier alpha value is -0.600. The van der Waals surface area contributed by atoms with Gasteiger partial charge in [0.25, 0.3) is 0 Å². The van der Waals surface area contributed by atoms with Gasteiger partial charge in [0.15, 0.2) is 0 Å². The minimum Gasteiger partial charge on any atom is -0.394 e. The van der Waals surface area contributed by atoms with E-state index in [4.69, 9.17) is 0 Å². The first kappa shape index (κ1) is 10.5. The van der Waals surface area contributed by atoms with Crippen molar-refractivity contribution in [1.29, 1.82) is 0 Å². The van der Waals surface area contributed by atoms with Crippen molar-refractivity contribution in [2.24, 2.45) is 0 Å². The molecule has 2 nitrogen and oxygen atoms in total. The second-order valence-electron chi connectivity index (χ2n) is 3.71. The first-order valence-corrected chi connectivity index (χ1v) is 4.87. The maximum atomic E-state index is 9.42. The summed E-state index contributed by atoms with van der Waals surface area (Å²) in [4.78, 5) is 2.31. The highest BCUT2D eigenvalue weighted by molar-refractivity contribution is 5.01. The van der Waals surface area contributed by atoms with Gasteiger partial charge in [-0.3, -0.25) is 4.90 Å². The molecule has 1 aliphatic heterocycles. The lowest BCUT2D eigenvalue weighted by atomic mass is 9.93. The summed E-state index contributed by atoms with van der Waals surface area (Å²) in [5.41, 5.74) is -0.0457. The number of hydrogen-bond acceptors (Lipinski definition) is 2. The highest BCUT2D eigenvalue weighted by Crippen LogP contribution is 2.32. The van der Waals surface area contributed by atoms with Gasteiger partial charge < -0.3 is 5.11 Å². The first-order valence-electron chi connectivity index (χ1n) is 4.87. The van der Waals surface area contributed by atoms with Crippen LogP contribution in [0.2, 0.25) is 0 Å². The fraction of sp³-hybridized carbons (Fsp3) is 0.636. The molecular formula is C11H19NO. The van der Waals surface area contributed by atoms with Gasteiger partial charge in [-0.1, -0.05) is 12.2 Å². The predicted molar refractivity (Wildman–Crippen MR) is 55.6 cm³/mol. The second kappa shape index (κ2) is 4.58. The minimum absolute atomic E-state index is 0.0457. The Morgan fingerprint density at radius 3 is 2.69 bits per heavy atom. The van der Waals surface area contributed by atoms with Gasteiger partial charge in [0.05, 0.1) is 6.61 Å². The molecule has 74 valence electrons. The zero-order valence-electron chi connectivity index (χ0n) is 8.21. The predicted octanol–water partition coefficient (Wildman–Crippen LogP) is 1.58. The van der Waals surface area contributed by atoms with Crippen LogP contribution in [-0.4, -0.2) is 35.2 Å². The molecule has 0 aromatic carbocycles. The lowest BCUT2D eigenvalue weighted by molar-refractivity contribution is 0.0752. The Balaban J connectivity index is 2.69. The quantitative estimate of drug-likeness (QED) is 0.651. The summed E-state index contributed by atoms with van der Waals surface area (Å²) in [7, 11) is 0. The average molecular weight is 181 g/mol. The average Bonchev–Trinajstić information content (AvgIpc) is 2.51. The molecule has 0 saturated carbocycles. The molecule has 0 aromatic rings. The van der Waals surface area contributed by atoms with E-state index in [0.29, 0.717) is 0 Å². The van der Waals surface area contributed by atoms with E-state index in [1.54, 1.807) is 0 Å². The van der Waals surface area contributed by atoms with Crippen LogP contribution in [0.4, 0.5) is 0 Å². The second-order valence-corrected chi connectivity index (χ2v) is 3.71. The molecule has 0 bridgehead atoms. The maximum Gasteiger partial charge on any atom is 0.0618 e. The molecule has 1 aliphatic rings. The standard InChI is InChI=1S/C11H19NO/c1-3-6-11(10-13)7-5-9-12(11)8-4-2/h3-4,13H,1-2,5-10H2. The number of aliphatic hydroxyl groups excluding tert-OH is 1. The highest BCUT2D eigenvalue weighted by atomic mass is 16.3. The van der Waals surface area contributed by atoms with Gasteiger partial charge in [0.1, 0.15) is 0 Å². The Morgan fingerprint density at radius 2 is 2.15 bits per heavy atom. The number of rotatable bonds is 5. The topological polar surface area (TPSA) is 23.5 Å². The maximum absolute atomic E-state index is 9.42. The van der Waals surface area contributed by atoms with Crippen molar-refractivity contribution in [2.75, 3.05) is 19.7 Å². The smallest absolute Gasteiger partial charge is 0.0618 e. The van der Waals surface area contributed by atoms with E-state index in [1.807, 2.05) is 12.2 Å². The van der Waals surface area contributed by atoms with E-state index in [9.17, 15) is 5.11 Å². The zero-order chi connectivity index (χ0) is 9.73. The molecule has 0 aromatic heterocycles.